The molecule has 2 unspecified atom stereocenters. The fourth-order valence-electron chi connectivity index (χ4n) is 4.80. The lowest BCUT2D eigenvalue weighted by Gasteiger charge is -2.49. The molecule has 3 heterocycles. The second-order valence-corrected chi connectivity index (χ2v) is 9.86. The molecule has 13 N–H and O–H groups in total. The molecule has 228 valence electrons. The van der Waals surface area contributed by atoms with Gasteiger partial charge in [0.2, 0.25) is 5.91 Å². The number of carbonyl (C=O) groups is 1. The predicted octanol–water partition coefficient (Wildman–Crippen LogP) is -6.72. The smallest absolute Gasteiger partial charge is 0.220 e. The summed E-state index contributed by atoms with van der Waals surface area (Å²) in [5.74, 6) is -0.504. The molecule has 17 heteroatoms. The standard InChI is InChI=1S/C22H41N3O14/c1-2-3-10(29)25-13-17(33)19(38-21-12(24)15(31)14(30)7(4-26)36-21)9(6-28)37-22(13)39-18-8(5-27)35-20(34)11(23)16(18)32/h7-9,11-22,26-28,30-34H,2-6,23-24H2,1H3,(H,25,29)/t7-,8-,9-,11-,12-,13-,14-,15-,16-,17-,18?,19?,20-,21+,22+/m1/s1. The highest BCUT2D eigenvalue weighted by Gasteiger charge is 2.53. The number of carbonyl (C=O) groups excluding carboxylic acids is 1. The number of aliphatic hydroxyl groups is 8. The second-order valence-electron chi connectivity index (χ2n) is 9.86. The molecular formula is C22H41N3O14. The molecule has 0 aromatic carbocycles. The summed E-state index contributed by atoms with van der Waals surface area (Å²) < 4.78 is 28.1. The number of aliphatic hydroxyl groups excluding tert-OH is 8. The zero-order valence-corrected chi connectivity index (χ0v) is 21.4. The van der Waals surface area contributed by atoms with Gasteiger partial charge < -0.3 is 81.3 Å². The lowest BCUT2D eigenvalue weighted by atomic mass is 9.94. The molecule has 0 bridgehead atoms. The first-order valence-electron chi connectivity index (χ1n) is 12.8. The number of hydrogen-bond acceptors (Lipinski definition) is 16. The van der Waals surface area contributed by atoms with E-state index in [0.29, 0.717) is 6.42 Å². The van der Waals surface area contributed by atoms with Crippen molar-refractivity contribution in [3.8, 4) is 0 Å². The van der Waals surface area contributed by atoms with Crippen molar-refractivity contribution in [1.29, 1.82) is 0 Å². The molecule has 15 atom stereocenters. The van der Waals surface area contributed by atoms with E-state index in [1.54, 1.807) is 6.92 Å². The van der Waals surface area contributed by atoms with Crippen molar-refractivity contribution < 1.29 is 69.3 Å². The Morgan fingerprint density at radius 3 is 1.87 bits per heavy atom. The van der Waals surface area contributed by atoms with Crippen LogP contribution >= 0.6 is 0 Å². The summed E-state index contributed by atoms with van der Waals surface area (Å²) in [4.78, 5) is 12.5. The van der Waals surface area contributed by atoms with Gasteiger partial charge in [0.15, 0.2) is 18.9 Å². The van der Waals surface area contributed by atoms with Crippen molar-refractivity contribution >= 4 is 5.91 Å². The fourth-order valence-corrected chi connectivity index (χ4v) is 4.80. The van der Waals surface area contributed by atoms with Gasteiger partial charge >= 0.3 is 0 Å². The van der Waals surface area contributed by atoms with Crippen LogP contribution in [0.25, 0.3) is 0 Å². The predicted molar refractivity (Wildman–Crippen MR) is 126 cm³/mol. The summed E-state index contributed by atoms with van der Waals surface area (Å²) in [7, 11) is 0. The van der Waals surface area contributed by atoms with Crippen LogP contribution < -0.4 is 16.8 Å². The minimum Gasteiger partial charge on any atom is -0.394 e. The zero-order chi connectivity index (χ0) is 29.0. The first-order chi connectivity index (χ1) is 18.5. The van der Waals surface area contributed by atoms with Gasteiger partial charge in [0.25, 0.3) is 0 Å². The quantitative estimate of drug-likeness (QED) is 0.116. The van der Waals surface area contributed by atoms with E-state index < -0.39 is 118 Å². The van der Waals surface area contributed by atoms with Crippen LogP contribution in [-0.4, -0.2) is 159 Å². The Labute approximate surface area is 224 Å². The van der Waals surface area contributed by atoms with Crippen molar-refractivity contribution in [2.75, 3.05) is 19.8 Å². The maximum Gasteiger partial charge on any atom is 0.220 e. The molecule has 3 saturated heterocycles. The lowest BCUT2D eigenvalue weighted by Crippen LogP contribution is -2.70. The molecule has 0 aliphatic carbocycles. The minimum absolute atomic E-state index is 0.0647. The van der Waals surface area contributed by atoms with Gasteiger partial charge in [-0.2, -0.15) is 0 Å². The Balaban J connectivity index is 1.86. The fraction of sp³-hybridized carbons (Fsp3) is 0.955. The van der Waals surface area contributed by atoms with Crippen LogP contribution in [0.2, 0.25) is 0 Å². The lowest BCUT2D eigenvalue weighted by molar-refractivity contribution is -0.350. The number of amides is 1. The second kappa shape index (κ2) is 14.2. The Kier molecular flexibility index (Phi) is 11.8. The van der Waals surface area contributed by atoms with Crippen molar-refractivity contribution in [3.63, 3.8) is 0 Å². The Hall–Kier alpha value is -1.13. The summed E-state index contributed by atoms with van der Waals surface area (Å²) in [6.07, 6.45) is -17.1. The maximum atomic E-state index is 12.5. The Morgan fingerprint density at radius 1 is 0.744 bits per heavy atom. The van der Waals surface area contributed by atoms with Gasteiger partial charge in [0, 0.05) is 6.42 Å². The Bertz CT molecular complexity index is 780. The molecule has 3 aliphatic heterocycles. The monoisotopic (exact) mass is 571 g/mol. The van der Waals surface area contributed by atoms with Crippen molar-refractivity contribution in [2.45, 2.75) is 112 Å². The SMILES string of the molecule is CCCC(=O)N[C@H]1[C@H](OC2[C@@H](CO)O[C@@H](O)[C@H](N)[C@H]2O)O[C@H](CO)C(O[C@@H]2O[C@H](CO)[C@@H](O)[C@H](O)[C@H]2N)[C@@H]1O. The molecule has 39 heavy (non-hydrogen) atoms. The Morgan fingerprint density at radius 2 is 1.28 bits per heavy atom. The molecule has 3 fully saturated rings. The van der Waals surface area contributed by atoms with Gasteiger partial charge in [-0.3, -0.25) is 4.79 Å². The van der Waals surface area contributed by atoms with E-state index in [-0.39, 0.29) is 6.42 Å². The molecule has 0 aromatic rings. The average Bonchev–Trinajstić information content (AvgIpc) is 2.92. The highest BCUT2D eigenvalue weighted by Crippen LogP contribution is 2.31. The van der Waals surface area contributed by atoms with E-state index >= 15 is 0 Å². The van der Waals surface area contributed by atoms with E-state index in [0.717, 1.165) is 0 Å². The largest absolute Gasteiger partial charge is 0.394 e. The maximum absolute atomic E-state index is 12.5. The van der Waals surface area contributed by atoms with Crippen LogP contribution in [0.4, 0.5) is 0 Å². The average molecular weight is 572 g/mol. The first kappa shape index (κ1) is 32.4. The van der Waals surface area contributed by atoms with Crippen LogP contribution in [0.1, 0.15) is 19.8 Å². The highest BCUT2D eigenvalue weighted by molar-refractivity contribution is 5.76. The summed E-state index contributed by atoms with van der Waals surface area (Å²) in [6, 6.07) is -4.03. The molecule has 3 aliphatic rings. The van der Waals surface area contributed by atoms with Crippen molar-refractivity contribution in [1.82, 2.24) is 5.32 Å². The summed E-state index contributed by atoms with van der Waals surface area (Å²) >= 11 is 0. The van der Waals surface area contributed by atoms with E-state index in [9.17, 15) is 45.6 Å². The van der Waals surface area contributed by atoms with Crippen molar-refractivity contribution in [2.24, 2.45) is 11.5 Å². The van der Waals surface area contributed by atoms with Gasteiger partial charge in [0.1, 0.15) is 61.0 Å². The zero-order valence-electron chi connectivity index (χ0n) is 21.4. The minimum atomic E-state index is -1.66. The number of nitrogens with two attached hydrogens (primary N) is 2. The van der Waals surface area contributed by atoms with Gasteiger partial charge in [-0.25, -0.2) is 0 Å². The summed E-state index contributed by atoms with van der Waals surface area (Å²) in [6.45, 7) is -0.375. The number of ether oxygens (including phenoxy) is 5. The first-order valence-corrected chi connectivity index (χ1v) is 12.8. The van der Waals surface area contributed by atoms with E-state index in [1.807, 2.05) is 0 Å². The molecule has 3 rings (SSSR count). The number of nitrogens with one attached hydrogen (secondary N) is 1. The molecule has 1 amide bonds. The van der Waals surface area contributed by atoms with Crippen LogP contribution in [0.15, 0.2) is 0 Å². The number of hydrogen-bond donors (Lipinski definition) is 11. The van der Waals surface area contributed by atoms with Gasteiger partial charge in [-0.05, 0) is 6.42 Å². The molecule has 17 nitrogen and oxygen atoms in total. The van der Waals surface area contributed by atoms with Crippen molar-refractivity contribution in [3.05, 3.63) is 0 Å². The molecular weight excluding hydrogens is 530 g/mol. The van der Waals surface area contributed by atoms with Crippen LogP contribution in [-0.2, 0) is 28.5 Å². The molecule has 0 spiro atoms. The van der Waals surface area contributed by atoms with Crippen LogP contribution in [0.5, 0.6) is 0 Å². The van der Waals surface area contributed by atoms with E-state index in [4.69, 9.17) is 35.2 Å². The van der Waals surface area contributed by atoms with Gasteiger partial charge in [0.05, 0.1) is 31.9 Å². The van der Waals surface area contributed by atoms with Gasteiger partial charge in [-0.1, -0.05) is 6.92 Å². The third-order valence-corrected chi connectivity index (χ3v) is 7.09. The molecule has 0 aromatic heterocycles. The third-order valence-electron chi connectivity index (χ3n) is 7.09. The topological polar surface area (TPSA) is 289 Å². The van der Waals surface area contributed by atoms with E-state index in [1.165, 1.54) is 0 Å². The van der Waals surface area contributed by atoms with Crippen LogP contribution in [0, 0.1) is 0 Å². The number of rotatable bonds is 10. The van der Waals surface area contributed by atoms with Gasteiger partial charge in [-0.15, -0.1) is 0 Å². The van der Waals surface area contributed by atoms with Crippen LogP contribution in [0.3, 0.4) is 0 Å². The molecule has 0 saturated carbocycles. The summed E-state index contributed by atoms with van der Waals surface area (Å²) in [5.41, 5.74) is 11.7. The summed E-state index contributed by atoms with van der Waals surface area (Å²) in [5, 5.41) is 83.9. The molecule has 0 radical (unpaired) electrons. The highest BCUT2D eigenvalue weighted by atomic mass is 16.7. The third kappa shape index (κ3) is 7.03. The van der Waals surface area contributed by atoms with E-state index in [2.05, 4.69) is 5.32 Å². The normalized spacial score (nSPS) is 47.1.